The van der Waals surface area contributed by atoms with Gasteiger partial charge in [-0.1, -0.05) is 12.1 Å². The van der Waals surface area contributed by atoms with Crippen LogP contribution in [0.3, 0.4) is 0 Å². The third-order valence-corrected chi connectivity index (χ3v) is 2.68. The predicted octanol–water partition coefficient (Wildman–Crippen LogP) is 2.85. The standard InChI is InChI=1S/C12H14N4O3/c1-3-11(12-13-8(2)19-15-12)14-9-4-6-10(7-5-9)16(17)18/h4-7,11,14H,3H2,1-2H3. The van der Waals surface area contributed by atoms with Crippen molar-refractivity contribution in [1.82, 2.24) is 10.1 Å². The summed E-state index contributed by atoms with van der Waals surface area (Å²) in [5.74, 6) is 1.09. The lowest BCUT2D eigenvalue weighted by Gasteiger charge is -2.14. The fraction of sp³-hybridized carbons (Fsp3) is 0.333. The Morgan fingerprint density at radius 3 is 2.58 bits per heavy atom. The van der Waals surface area contributed by atoms with Crippen LogP contribution in [0, 0.1) is 17.0 Å². The maximum atomic E-state index is 10.6. The van der Waals surface area contributed by atoms with Gasteiger partial charge in [-0.15, -0.1) is 0 Å². The molecule has 2 rings (SSSR count). The van der Waals surface area contributed by atoms with Crippen LogP contribution in [0.15, 0.2) is 28.8 Å². The predicted molar refractivity (Wildman–Crippen MR) is 68.8 cm³/mol. The summed E-state index contributed by atoms with van der Waals surface area (Å²) in [6, 6.07) is 6.15. The third kappa shape index (κ3) is 3.06. The topological polar surface area (TPSA) is 94.1 Å². The normalized spacial score (nSPS) is 12.1. The number of anilines is 1. The largest absolute Gasteiger partial charge is 0.375 e. The van der Waals surface area contributed by atoms with Crippen molar-refractivity contribution in [3.63, 3.8) is 0 Å². The van der Waals surface area contributed by atoms with E-state index >= 15 is 0 Å². The van der Waals surface area contributed by atoms with Crippen molar-refractivity contribution < 1.29 is 9.45 Å². The summed E-state index contributed by atoms with van der Waals surface area (Å²) >= 11 is 0. The number of rotatable bonds is 5. The number of nitro groups is 1. The third-order valence-electron chi connectivity index (χ3n) is 2.68. The molecule has 0 saturated carbocycles. The van der Waals surface area contributed by atoms with E-state index in [0.717, 1.165) is 12.1 Å². The maximum absolute atomic E-state index is 10.6. The van der Waals surface area contributed by atoms with Gasteiger partial charge in [0.1, 0.15) is 0 Å². The second kappa shape index (κ2) is 5.47. The Hall–Kier alpha value is -2.44. The zero-order valence-electron chi connectivity index (χ0n) is 10.7. The van der Waals surface area contributed by atoms with Gasteiger partial charge in [-0.2, -0.15) is 4.98 Å². The van der Waals surface area contributed by atoms with Crippen molar-refractivity contribution >= 4 is 11.4 Å². The van der Waals surface area contributed by atoms with Crippen molar-refractivity contribution in [3.05, 3.63) is 46.1 Å². The number of non-ortho nitro benzene ring substituents is 1. The van der Waals surface area contributed by atoms with E-state index in [1.54, 1.807) is 19.1 Å². The van der Waals surface area contributed by atoms with Gasteiger partial charge in [-0.05, 0) is 18.6 Å². The number of aryl methyl sites for hydroxylation is 1. The van der Waals surface area contributed by atoms with Gasteiger partial charge in [-0.3, -0.25) is 10.1 Å². The summed E-state index contributed by atoms with van der Waals surface area (Å²) in [6.45, 7) is 3.73. The first-order chi connectivity index (χ1) is 9.10. The molecule has 0 fully saturated rings. The van der Waals surface area contributed by atoms with Gasteiger partial charge in [0.25, 0.3) is 5.69 Å². The van der Waals surface area contributed by atoms with Crippen LogP contribution in [-0.2, 0) is 0 Å². The van der Waals surface area contributed by atoms with E-state index in [2.05, 4.69) is 15.5 Å². The minimum absolute atomic E-state index is 0.0639. The summed E-state index contributed by atoms with van der Waals surface area (Å²) in [4.78, 5) is 14.3. The van der Waals surface area contributed by atoms with Crippen molar-refractivity contribution in [2.24, 2.45) is 0 Å². The molecule has 0 amide bonds. The summed E-state index contributed by atoms with van der Waals surface area (Å²) in [6.07, 6.45) is 0.774. The first kappa shape index (κ1) is 13.0. The zero-order chi connectivity index (χ0) is 13.8. The number of hydrogen-bond donors (Lipinski definition) is 1. The van der Waals surface area contributed by atoms with Gasteiger partial charge in [0.2, 0.25) is 5.89 Å². The van der Waals surface area contributed by atoms with E-state index in [0.29, 0.717) is 11.7 Å². The molecule has 2 aromatic rings. The van der Waals surface area contributed by atoms with Crippen LogP contribution >= 0.6 is 0 Å². The van der Waals surface area contributed by atoms with Crippen molar-refractivity contribution in [3.8, 4) is 0 Å². The fourth-order valence-electron chi connectivity index (χ4n) is 1.69. The molecular weight excluding hydrogens is 248 g/mol. The van der Waals surface area contributed by atoms with Gasteiger partial charge in [0, 0.05) is 24.7 Å². The Bertz CT molecular complexity index is 565. The number of aromatic nitrogens is 2. The number of nitrogens with zero attached hydrogens (tertiary/aromatic N) is 3. The molecule has 100 valence electrons. The number of nitrogens with one attached hydrogen (secondary N) is 1. The molecule has 1 atom stereocenters. The summed E-state index contributed by atoms with van der Waals surface area (Å²) in [5, 5.41) is 17.7. The van der Waals surface area contributed by atoms with Crippen LogP contribution in [0.1, 0.15) is 31.1 Å². The molecule has 1 heterocycles. The molecule has 1 N–H and O–H groups in total. The summed E-state index contributed by atoms with van der Waals surface area (Å²) in [7, 11) is 0. The Morgan fingerprint density at radius 1 is 1.42 bits per heavy atom. The molecule has 1 aromatic carbocycles. The average molecular weight is 262 g/mol. The van der Waals surface area contributed by atoms with Crippen LogP contribution in [-0.4, -0.2) is 15.1 Å². The quantitative estimate of drug-likeness (QED) is 0.657. The van der Waals surface area contributed by atoms with Crippen LogP contribution in [0.4, 0.5) is 11.4 Å². The SMILES string of the molecule is CCC(Nc1ccc([N+](=O)[O-])cc1)c1noc(C)n1. The van der Waals surface area contributed by atoms with Crippen molar-refractivity contribution in [2.75, 3.05) is 5.32 Å². The smallest absolute Gasteiger partial charge is 0.269 e. The van der Waals surface area contributed by atoms with Gasteiger partial charge < -0.3 is 9.84 Å². The Balaban J connectivity index is 2.12. The lowest BCUT2D eigenvalue weighted by atomic mass is 10.2. The van der Waals surface area contributed by atoms with E-state index in [4.69, 9.17) is 4.52 Å². The monoisotopic (exact) mass is 262 g/mol. The minimum atomic E-state index is -0.427. The molecular formula is C12H14N4O3. The second-order valence-corrected chi connectivity index (χ2v) is 4.08. The molecule has 19 heavy (non-hydrogen) atoms. The molecule has 0 aliphatic rings. The molecule has 0 aliphatic heterocycles. The molecule has 0 bridgehead atoms. The average Bonchev–Trinajstić information content (AvgIpc) is 2.83. The summed E-state index contributed by atoms with van der Waals surface area (Å²) in [5.41, 5.74) is 0.842. The Morgan fingerprint density at radius 2 is 2.11 bits per heavy atom. The molecule has 1 aromatic heterocycles. The van der Waals surface area contributed by atoms with Gasteiger partial charge in [-0.25, -0.2) is 0 Å². The molecule has 0 aliphatic carbocycles. The van der Waals surface area contributed by atoms with Crippen LogP contribution in [0.25, 0.3) is 0 Å². The Kier molecular flexibility index (Phi) is 3.74. The first-order valence-electron chi connectivity index (χ1n) is 5.91. The van der Waals surface area contributed by atoms with Crippen molar-refractivity contribution in [1.29, 1.82) is 0 Å². The molecule has 7 nitrogen and oxygen atoms in total. The highest BCUT2D eigenvalue weighted by molar-refractivity contribution is 5.49. The number of benzene rings is 1. The van der Waals surface area contributed by atoms with Crippen LogP contribution in [0.2, 0.25) is 0 Å². The highest BCUT2D eigenvalue weighted by atomic mass is 16.6. The zero-order valence-corrected chi connectivity index (χ0v) is 10.7. The van der Waals surface area contributed by atoms with E-state index in [1.165, 1.54) is 12.1 Å². The molecule has 7 heteroatoms. The lowest BCUT2D eigenvalue weighted by molar-refractivity contribution is -0.384. The minimum Gasteiger partial charge on any atom is -0.375 e. The van der Waals surface area contributed by atoms with E-state index in [9.17, 15) is 10.1 Å². The number of nitro benzene ring substituents is 1. The highest BCUT2D eigenvalue weighted by Gasteiger charge is 2.15. The van der Waals surface area contributed by atoms with E-state index in [1.807, 2.05) is 6.92 Å². The lowest BCUT2D eigenvalue weighted by Crippen LogP contribution is -2.11. The summed E-state index contributed by atoms with van der Waals surface area (Å²) < 4.78 is 4.95. The molecule has 0 spiro atoms. The van der Waals surface area contributed by atoms with Crippen LogP contribution < -0.4 is 5.32 Å². The molecule has 0 saturated heterocycles. The van der Waals surface area contributed by atoms with E-state index < -0.39 is 4.92 Å². The molecule has 1 unspecified atom stereocenters. The van der Waals surface area contributed by atoms with Crippen LogP contribution in [0.5, 0.6) is 0 Å². The van der Waals surface area contributed by atoms with E-state index in [-0.39, 0.29) is 11.7 Å². The Labute approximate surface area is 109 Å². The van der Waals surface area contributed by atoms with Gasteiger partial charge >= 0.3 is 0 Å². The van der Waals surface area contributed by atoms with Gasteiger partial charge in [0.15, 0.2) is 5.82 Å². The maximum Gasteiger partial charge on any atom is 0.269 e. The van der Waals surface area contributed by atoms with Gasteiger partial charge in [0.05, 0.1) is 11.0 Å². The van der Waals surface area contributed by atoms with Crippen molar-refractivity contribution in [2.45, 2.75) is 26.3 Å². The second-order valence-electron chi connectivity index (χ2n) is 4.08. The fourth-order valence-corrected chi connectivity index (χ4v) is 1.69. The first-order valence-corrected chi connectivity index (χ1v) is 5.91. The number of hydrogen-bond acceptors (Lipinski definition) is 6. The highest BCUT2D eigenvalue weighted by Crippen LogP contribution is 2.22. The molecule has 0 radical (unpaired) electrons.